The van der Waals surface area contributed by atoms with Gasteiger partial charge in [-0.15, -0.1) is 0 Å². The molecule has 1 nitrogen and oxygen atoms in total. The molecule has 3 aromatic rings. The third-order valence-electron chi connectivity index (χ3n) is 6.50. The Balaban J connectivity index is 1.64. The monoisotopic (exact) mass is 375 g/mol. The highest BCUT2D eigenvalue weighted by molar-refractivity contribution is 5.82. The number of aromatic nitrogens is 1. The minimum Gasteiger partial charge on any atom is -0.201 e. The summed E-state index contributed by atoms with van der Waals surface area (Å²) in [5.74, 6) is -0.876. The number of fused-ring (bicyclic) bond motifs is 3. The standard InChI is InChI=1S/C27H30N/c1-17-9-10-23-21(13-17)14-26-19(3)22(11-12-24(23)26)27-15-25(18(2)16-28(27)4)20-7-5-6-8-20/h9-13,15-16,20H,5-8,14H2,1-4H3/q+1/i1D3,2D3,20D. The van der Waals surface area contributed by atoms with Crippen LogP contribution in [0, 0.1) is 20.6 Å². The van der Waals surface area contributed by atoms with Crippen molar-refractivity contribution in [1.82, 2.24) is 0 Å². The van der Waals surface area contributed by atoms with Gasteiger partial charge in [0.1, 0.15) is 7.05 Å². The SMILES string of the molecule is [2H]C([2H])([2H])c1ccc2c(c1)Cc1c-2ccc(-c2cc(C3([2H])CCCC3)c(C([2H])([2H])[2H])c[n+]2C)c1C. The molecule has 2 aliphatic carbocycles. The number of rotatable bonds is 2. The van der Waals surface area contributed by atoms with Crippen LogP contribution in [0.25, 0.3) is 22.4 Å². The van der Waals surface area contributed by atoms with Crippen molar-refractivity contribution in [1.29, 1.82) is 0 Å². The van der Waals surface area contributed by atoms with E-state index in [1.165, 1.54) is 5.56 Å². The highest BCUT2D eigenvalue weighted by Crippen LogP contribution is 2.42. The van der Waals surface area contributed by atoms with Gasteiger partial charge >= 0.3 is 0 Å². The first-order chi connectivity index (χ1) is 16.3. The zero-order valence-electron chi connectivity index (χ0n) is 23.5. The van der Waals surface area contributed by atoms with E-state index in [-0.39, 0.29) is 5.56 Å². The summed E-state index contributed by atoms with van der Waals surface area (Å²) in [5, 5.41) is 0. The maximum Gasteiger partial charge on any atom is 0.212 e. The van der Waals surface area contributed by atoms with E-state index in [0.29, 0.717) is 30.4 Å². The van der Waals surface area contributed by atoms with Gasteiger partial charge in [0.05, 0.1) is 0 Å². The van der Waals surface area contributed by atoms with Crippen molar-refractivity contribution >= 4 is 0 Å². The Morgan fingerprint density at radius 3 is 2.57 bits per heavy atom. The lowest BCUT2D eigenvalue weighted by molar-refractivity contribution is -0.660. The van der Waals surface area contributed by atoms with Crippen molar-refractivity contribution in [2.24, 2.45) is 7.05 Å². The first kappa shape index (κ1) is 11.6. The van der Waals surface area contributed by atoms with Crippen LogP contribution in [0.2, 0.25) is 0 Å². The van der Waals surface area contributed by atoms with Crippen molar-refractivity contribution in [3.63, 3.8) is 0 Å². The molecule has 28 heavy (non-hydrogen) atoms. The lowest BCUT2D eigenvalue weighted by Gasteiger charge is -2.15. The summed E-state index contributed by atoms with van der Waals surface area (Å²) in [5.41, 5.74) is 8.63. The maximum absolute atomic E-state index is 9.10. The van der Waals surface area contributed by atoms with Crippen LogP contribution in [-0.4, -0.2) is 0 Å². The Bertz CT molecular complexity index is 1330. The van der Waals surface area contributed by atoms with Gasteiger partial charge in [-0.2, -0.15) is 0 Å². The molecule has 0 bridgehead atoms. The van der Waals surface area contributed by atoms with Crippen LogP contribution >= 0.6 is 0 Å². The summed E-state index contributed by atoms with van der Waals surface area (Å²) in [6.45, 7) is -2.34. The molecule has 0 saturated heterocycles. The Morgan fingerprint density at radius 2 is 1.79 bits per heavy atom. The van der Waals surface area contributed by atoms with E-state index in [2.05, 4.69) is 19.1 Å². The largest absolute Gasteiger partial charge is 0.212 e. The molecule has 0 amide bonds. The highest BCUT2D eigenvalue weighted by atomic mass is 14.9. The van der Waals surface area contributed by atoms with Crippen LogP contribution in [0.1, 0.15) is 74.6 Å². The van der Waals surface area contributed by atoms with Gasteiger partial charge in [-0.3, -0.25) is 0 Å². The van der Waals surface area contributed by atoms with Crippen molar-refractivity contribution in [3.8, 4) is 22.4 Å². The van der Waals surface area contributed by atoms with Crippen LogP contribution in [-0.2, 0) is 13.5 Å². The average Bonchev–Trinajstić information content (AvgIpc) is 3.37. The lowest BCUT2D eigenvalue weighted by Crippen LogP contribution is -2.32. The molecule has 0 spiro atoms. The molecule has 0 unspecified atom stereocenters. The molecule has 2 aliphatic rings. The number of hydrogen-bond donors (Lipinski definition) is 0. The molecule has 0 N–H and O–H groups in total. The second-order valence-corrected chi connectivity index (χ2v) is 8.22. The van der Waals surface area contributed by atoms with Gasteiger partial charge < -0.3 is 0 Å². The fourth-order valence-corrected chi connectivity index (χ4v) is 4.99. The van der Waals surface area contributed by atoms with Gasteiger partial charge in [0, 0.05) is 26.8 Å². The first-order valence-electron chi connectivity index (χ1n) is 13.6. The summed E-state index contributed by atoms with van der Waals surface area (Å²) in [6.07, 6.45) is 5.58. The minimum atomic E-state index is -2.28. The smallest absolute Gasteiger partial charge is 0.201 e. The molecule has 1 heteroatoms. The summed E-state index contributed by atoms with van der Waals surface area (Å²) in [6, 6.07) is 11.5. The molecule has 5 rings (SSSR count). The van der Waals surface area contributed by atoms with Gasteiger partial charge in [-0.25, -0.2) is 4.57 Å². The van der Waals surface area contributed by atoms with E-state index < -0.39 is 19.6 Å². The maximum atomic E-state index is 9.10. The summed E-state index contributed by atoms with van der Waals surface area (Å²) in [4.78, 5) is 0. The molecule has 142 valence electrons. The molecule has 1 fully saturated rings. The zero-order valence-corrected chi connectivity index (χ0v) is 16.5. The fraction of sp³-hybridized carbons (Fsp3) is 0.370. The minimum absolute atomic E-state index is 0.268. The summed E-state index contributed by atoms with van der Waals surface area (Å²) >= 11 is 0. The van der Waals surface area contributed by atoms with Crippen molar-refractivity contribution in [2.75, 3.05) is 0 Å². The van der Waals surface area contributed by atoms with Gasteiger partial charge in [0.15, 0.2) is 6.20 Å². The second-order valence-electron chi connectivity index (χ2n) is 8.22. The Labute approximate surface area is 178 Å². The van der Waals surface area contributed by atoms with Crippen molar-refractivity contribution in [3.05, 3.63) is 76.0 Å². The van der Waals surface area contributed by atoms with Crippen LogP contribution in [0.15, 0.2) is 42.6 Å². The molecule has 1 saturated carbocycles. The number of aryl methyl sites for hydroxylation is 3. The topological polar surface area (TPSA) is 3.88 Å². The number of nitrogens with zero attached hydrogens (tertiary/aromatic N) is 1. The average molecular weight is 376 g/mol. The van der Waals surface area contributed by atoms with Gasteiger partial charge in [-0.1, -0.05) is 42.7 Å². The third kappa shape index (κ3) is 2.71. The van der Waals surface area contributed by atoms with Crippen LogP contribution < -0.4 is 4.57 Å². The molecule has 0 atom stereocenters. The number of hydrogen-bond acceptors (Lipinski definition) is 0. The molecule has 1 aromatic heterocycles. The molecule has 0 radical (unpaired) electrons. The van der Waals surface area contributed by atoms with Crippen molar-refractivity contribution < 1.29 is 14.2 Å². The quantitative estimate of drug-likeness (QED) is 0.360. The summed E-state index contributed by atoms with van der Waals surface area (Å²) < 4.78 is 58.6. The molecular weight excluding hydrogens is 338 g/mol. The number of pyridine rings is 1. The predicted molar refractivity (Wildman–Crippen MR) is 117 cm³/mol. The zero-order chi connectivity index (χ0) is 25.3. The van der Waals surface area contributed by atoms with E-state index in [1.54, 1.807) is 18.3 Å². The van der Waals surface area contributed by atoms with Gasteiger partial charge in [-0.05, 0) is 85.2 Å². The van der Waals surface area contributed by atoms with Crippen molar-refractivity contribution in [2.45, 2.75) is 58.6 Å². The van der Waals surface area contributed by atoms with Crippen LogP contribution in [0.5, 0.6) is 0 Å². The molecule has 1 heterocycles. The van der Waals surface area contributed by atoms with E-state index >= 15 is 0 Å². The fourth-order valence-electron chi connectivity index (χ4n) is 4.99. The Hall–Kier alpha value is -2.41. The molecule has 2 aromatic carbocycles. The number of benzene rings is 2. The van der Waals surface area contributed by atoms with E-state index in [9.17, 15) is 0 Å². The van der Waals surface area contributed by atoms with Crippen LogP contribution in [0.3, 0.4) is 0 Å². The normalized spacial score (nSPS) is 21.4. The van der Waals surface area contributed by atoms with Gasteiger partial charge in [0.2, 0.25) is 5.69 Å². The second kappa shape index (κ2) is 6.58. The molecular formula is C27H30N+. The van der Waals surface area contributed by atoms with E-state index in [0.717, 1.165) is 46.4 Å². The third-order valence-corrected chi connectivity index (χ3v) is 6.50. The van der Waals surface area contributed by atoms with Gasteiger partial charge in [0.25, 0.3) is 0 Å². The predicted octanol–water partition coefficient (Wildman–Crippen LogP) is 6.33. The van der Waals surface area contributed by atoms with E-state index in [4.69, 9.17) is 9.60 Å². The first-order valence-corrected chi connectivity index (χ1v) is 10.1. The highest BCUT2D eigenvalue weighted by Gasteiger charge is 2.26. The summed E-state index contributed by atoms with van der Waals surface area (Å²) in [7, 11) is 1.86. The van der Waals surface area contributed by atoms with E-state index in [1.807, 2.05) is 23.7 Å². The Kier molecular flexibility index (Phi) is 2.72. The molecule has 0 aliphatic heterocycles. The van der Waals surface area contributed by atoms with Crippen LogP contribution in [0.4, 0.5) is 0 Å². The Morgan fingerprint density at radius 1 is 1.00 bits per heavy atom. The lowest BCUT2D eigenvalue weighted by atomic mass is 9.90.